The van der Waals surface area contributed by atoms with Crippen molar-refractivity contribution in [1.82, 2.24) is 4.90 Å². The first-order chi connectivity index (χ1) is 9.40. The van der Waals surface area contributed by atoms with Crippen LogP contribution in [-0.4, -0.2) is 39.6 Å². The van der Waals surface area contributed by atoms with E-state index < -0.39 is 5.97 Å². The number of carbonyl (C=O) groups excluding carboxylic acids is 1. The second kappa shape index (κ2) is 5.83. The Bertz CT molecular complexity index is 546. The van der Waals surface area contributed by atoms with Crippen LogP contribution in [0.3, 0.4) is 0 Å². The molecule has 0 radical (unpaired) electrons. The Balaban J connectivity index is 2.13. The number of phenolic OH excluding ortho intramolecular Hbond substituents is 1. The van der Waals surface area contributed by atoms with E-state index in [1.54, 1.807) is 17.0 Å². The number of hydrogen-bond donors (Lipinski definition) is 2. The fraction of sp³-hybridized carbons (Fsp3) is 0.429. The van der Waals surface area contributed by atoms with Crippen LogP contribution in [0.25, 0.3) is 0 Å². The van der Waals surface area contributed by atoms with Gasteiger partial charge in [-0.1, -0.05) is 0 Å². The minimum Gasteiger partial charge on any atom is -0.507 e. The normalized spacial score (nSPS) is 22.6. The third-order valence-electron chi connectivity index (χ3n) is 3.68. The predicted octanol–water partition coefficient (Wildman–Crippen LogP) is 2.48. The van der Waals surface area contributed by atoms with Crippen molar-refractivity contribution in [2.24, 2.45) is 5.92 Å². The average Bonchev–Trinajstić information content (AvgIpc) is 2.41. The summed E-state index contributed by atoms with van der Waals surface area (Å²) in [4.78, 5) is 25.1. The molecule has 1 fully saturated rings. The highest BCUT2D eigenvalue weighted by Crippen LogP contribution is 2.28. The van der Waals surface area contributed by atoms with Gasteiger partial charge in [0.2, 0.25) is 0 Å². The van der Waals surface area contributed by atoms with Crippen LogP contribution < -0.4 is 0 Å². The van der Waals surface area contributed by atoms with Gasteiger partial charge in [-0.25, -0.2) is 0 Å². The molecule has 2 rings (SSSR count). The van der Waals surface area contributed by atoms with Crippen LogP contribution in [0.15, 0.2) is 22.7 Å². The molecule has 2 atom stereocenters. The maximum absolute atomic E-state index is 12.4. The SMILES string of the molecule is CC1CC(C(=O)O)CCN1C(=O)c1ccc(Br)c(O)c1. The van der Waals surface area contributed by atoms with Crippen molar-refractivity contribution in [1.29, 1.82) is 0 Å². The van der Waals surface area contributed by atoms with Gasteiger partial charge in [0.15, 0.2) is 0 Å². The average molecular weight is 342 g/mol. The van der Waals surface area contributed by atoms with Crippen LogP contribution >= 0.6 is 15.9 Å². The molecule has 0 aromatic heterocycles. The number of benzene rings is 1. The van der Waals surface area contributed by atoms with Crippen LogP contribution in [0.2, 0.25) is 0 Å². The number of carbonyl (C=O) groups is 2. The summed E-state index contributed by atoms with van der Waals surface area (Å²) < 4.78 is 0.534. The number of phenols is 1. The molecule has 0 aliphatic carbocycles. The number of nitrogens with zero attached hydrogens (tertiary/aromatic N) is 1. The first kappa shape index (κ1) is 14.8. The van der Waals surface area contributed by atoms with E-state index in [0.717, 1.165) is 0 Å². The number of halogens is 1. The minimum absolute atomic E-state index is 0.0175. The molecule has 5 nitrogen and oxygen atoms in total. The fourth-order valence-corrected chi connectivity index (χ4v) is 2.76. The molecule has 1 amide bonds. The van der Waals surface area contributed by atoms with E-state index in [4.69, 9.17) is 5.11 Å². The highest BCUT2D eigenvalue weighted by atomic mass is 79.9. The predicted molar refractivity (Wildman–Crippen MR) is 76.7 cm³/mol. The topological polar surface area (TPSA) is 77.8 Å². The quantitative estimate of drug-likeness (QED) is 0.866. The summed E-state index contributed by atoms with van der Waals surface area (Å²) in [6.07, 6.45) is 0.928. The van der Waals surface area contributed by atoms with E-state index in [1.165, 1.54) is 6.07 Å². The molecule has 1 heterocycles. The highest BCUT2D eigenvalue weighted by molar-refractivity contribution is 9.10. The molecular weight excluding hydrogens is 326 g/mol. The van der Waals surface area contributed by atoms with Crippen molar-refractivity contribution < 1.29 is 19.8 Å². The number of piperidine rings is 1. The number of hydrogen-bond acceptors (Lipinski definition) is 3. The molecule has 0 saturated carbocycles. The van der Waals surface area contributed by atoms with E-state index in [0.29, 0.717) is 29.4 Å². The summed E-state index contributed by atoms with van der Waals surface area (Å²) >= 11 is 3.17. The number of likely N-dealkylation sites (tertiary alicyclic amines) is 1. The molecule has 2 unspecified atom stereocenters. The summed E-state index contributed by atoms with van der Waals surface area (Å²) in [6.45, 7) is 2.28. The lowest BCUT2D eigenvalue weighted by atomic mass is 9.91. The van der Waals surface area contributed by atoms with Crippen LogP contribution in [0, 0.1) is 5.92 Å². The summed E-state index contributed by atoms with van der Waals surface area (Å²) in [5, 5.41) is 18.7. The molecule has 2 N–H and O–H groups in total. The molecule has 1 aromatic rings. The zero-order valence-corrected chi connectivity index (χ0v) is 12.6. The first-order valence-electron chi connectivity index (χ1n) is 6.42. The smallest absolute Gasteiger partial charge is 0.306 e. The van der Waals surface area contributed by atoms with E-state index >= 15 is 0 Å². The highest BCUT2D eigenvalue weighted by Gasteiger charge is 2.32. The van der Waals surface area contributed by atoms with Crippen LogP contribution in [0.5, 0.6) is 5.75 Å². The number of aromatic hydroxyl groups is 1. The zero-order valence-electron chi connectivity index (χ0n) is 11.0. The van der Waals surface area contributed by atoms with Crippen molar-refractivity contribution in [3.63, 3.8) is 0 Å². The molecular formula is C14H16BrNO4. The van der Waals surface area contributed by atoms with Gasteiger partial charge in [0.1, 0.15) is 5.75 Å². The lowest BCUT2D eigenvalue weighted by Crippen LogP contribution is -2.46. The number of carboxylic acid groups (broad SMARTS) is 1. The van der Waals surface area contributed by atoms with Crippen LogP contribution in [0.1, 0.15) is 30.1 Å². The Labute approximate surface area is 125 Å². The fourth-order valence-electron chi connectivity index (χ4n) is 2.51. The van der Waals surface area contributed by atoms with Gasteiger partial charge in [-0.2, -0.15) is 0 Å². The van der Waals surface area contributed by atoms with Gasteiger partial charge in [0.25, 0.3) is 5.91 Å². The Morgan fingerprint density at radius 2 is 2.10 bits per heavy atom. The Kier molecular flexibility index (Phi) is 4.32. The van der Waals surface area contributed by atoms with Crippen LogP contribution in [0.4, 0.5) is 0 Å². The van der Waals surface area contributed by atoms with Gasteiger partial charge in [-0.05, 0) is 53.9 Å². The molecule has 108 valence electrons. The molecule has 1 aliphatic rings. The van der Waals surface area contributed by atoms with Crippen molar-refractivity contribution in [2.75, 3.05) is 6.54 Å². The second-order valence-corrected chi connectivity index (χ2v) is 5.93. The zero-order chi connectivity index (χ0) is 14.9. The van der Waals surface area contributed by atoms with Gasteiger partial charge in [-0.15, -0.1) is 0 Å². The second-order valence-electron chi connectivity index (χ2n) is 5.07. The monoisotopic (exact) mass is 341 g/mol. The van der Waals surface area contributed by atoms with Gasteiger partial charge in [0.05, 0.1) is 10.4 Å². The lowest BCUT2D eigenvalue weighted by molar-refractivity contribution is -0.143. The van der Waals surface area contributed by atoms with E-state index in [-0.39, 0.29) is 23.6 Å². The van der Waals surface area contributed by atoms with E-state index in [1.807, 2.05) is 6.92 Å². The van der Waals surface area contributed by atoms with E-state index in [9.17, 15) is 14.7 Å². The third-order valence-corrected chi connectivity index (χ3v) is 4.35. The van der Waals surface area contributed by atoms with Gasteiger partial charge >= 0.3 is 5.97 Å². The number of rotatable bonds is 2. The standard InChI is InChI=1S/C14H16BrNO4/c1-8-6-10(14(19)20)4-5-16(8)13(18)9-2-3-11(15)12(17)7-9/h2-3,7-8,10,17H,4-6H2,1H3,(H,19,20). The number of aliphatic carboxylic acids is 1. The third kappa shape index (κ3) is 2.95. The number of carboxylic acids is 1. The molecule has 20 heavy (non-hydrogen) atoms. The molecule has 0 spiro atoms. The Hall–Kier alpha value is -1.56. The maximum Gasteiger partial charge on any atom is 0.306 e. The summed E-state index contributed by atoms with van der Waals surface area (Å²) in [5.41, 5.74) is 0.409. The Morgan fingerprint density at radius 3 is 2.65 bits per heavy atom. The largest absolute Gasteiger partial charge is 0.507 e. The molecule has 0 bridgehead atoms. The van der Waals surface area contributed by atoms with Crippen LogP contribution in [-0.2, 0) is 4.79 Å². The van der Waals surface area contributed by atoms with Crippen molar-refractivity contribution in [2.45, 2.75) is 25.8 Å². The lowest BCUT2D eigenvalue weighted by Gasteiger charge is -2.36. The molecule has 1 aromatic carbocycles. The van der Waals surface area contributed by atoms with Crippen molar-refractivity contribution in [3.05, 3.63) is 28.2 Å². The Morgan fingerprint density at radius 1 is 1.40 bits per heavy atom. The molecule has 1 saturated heterocycles. The molecule has 1 aliphatic heterocycles. The van der Waals surface area contributed by atoms with Gasteiger partial charge < -0.3 is 15.1 Å². The van der Waals surface area contributed by atoms with Gasteiger partial charge in [0, 0.05) is 18.2 Å². The molecule has 6 heteroatoms. The summed E-state index contributed by atoms with van der Waals surface area (Å²) in [6, 6.07) is 4.56. The van der Waals surface area contributed by atoms with Crippen molar-refractivity contribution >= 4 is 27.8 Å². The van der Waals surface area contributed by atoms with Gasteiger partial charge in [-0.3, -0.25) is 9.59 Å². The first-order valence-corrected chi connectivity index (χ1v) is 7.21. The minimum atomic E-state index is -0.801. The number of amides is 1. The van der Waals surface area contributed by atoms with E-state index in [2.05, 4.69) is 15.9 Å². The van der Waals surface area contributed by atoms with Crippen molar-refractivity contribution in [3.8, 4) is 5.75 Å². The summed E-state index contributed by atoms with van der Waals surface area (Å²) in [7, 11) is 0. The maximum atomic E-state index is 12.4. The summed E-state index contributed by atoms with van der Waals surface area (Å²) in [5.74, 6) is -1.34.